The van der Waals surface area contributed by atoms with Gasteiger partial charge in [0.2, 0.25) is 5.91 Å². The van der Waals surface area contributed by atoms with Crippen LogP contribution >= 0.6 is 23.2 Å². The number of hydrogen-bond acceptors (Lipinski definition) is 2. The molecule has 3 nitrogen and oxygen atoms in total. The molecule has 0 saturated carbocycles. The molecule has 2 rings (SSSR count). The standard InChI is InChI=1S/C14H17Cl2NO2/c1-9-7-17(8-10(2)19-9)14(18)6-11-3-4-12(15)13(16)5-11/h3-5,9-10H,6-8H2,1-2H3. The summed E-state index contributed by atoms with van der Waals surface area (Å²) >= 11 is 11.8. The molecule has 19 heavy (non-hydrogen) atoms. The zero-order chi connectivity index (χ0) is 14.0. The lowest BCUT2D eigenvalue weighted by Gasteiger charge is -2.35. The predicted octanol–water partition coefficient (Wildman–Crippen LogP) is 3.17. The summed E-state index contributed by atoms with van der Waals surface area (Å²) in [6.45, 7) is 5.25. The molecule has 1 fully saturated rings. The molecule has 0 N–H and O–H groups in total. The van der Waals surface area contributed by atoms with Crippen LogP contribution in [-0.4, -0.2) is 36.1 Å². The number of amides is 1. The highest BCUT2D eigenvalue weighted by Crippen LogP contribution is 2.23. The van der Waals surface area contributed by atoms with Crippen LogP contribution in [0.4, 0.5) is 0 Å². The molecule has 1 aliphatic rings. The molecule has 1 amide bonds. The maximum absolute atomic E-state index is 12.2. The Morgan fingerprint density at radius 3 is 2.47 bits per heavy atom. The third kappa shape index (κ3) is 3.85. The van der Waals surface area contributed by atoms with E-state index in [1.54, 1.807) is 12.1 Å². The lowest BCUT2D eigenvalue weighted by molar-refractivity contribution is -0.142. The summed E-state index contributed by atoms with van der Waals surface area (Å²) in [6, 6.07) is 5.30. The van der Waals surface area contributed by atoms with E-state index in [2.05, 4.69) is 0 Å². The molecule has 1 aromatic rings. The van der Waals surface area contributed by atoms with E-state index in [4.69, 9.17) is 27.9 Å². The average Bonchev–Trinajstić information content (AvgIpc) is 2.32. The van der Waals surface area contributed by atoms with E-state index in [1.807, 2.05) is 24.8 Å². The van der Waals surface area contributed by atoms with Gasteiger partial charge in [-0.1, -0.05) is 29.3 Å². The summed E-state index contributed by atoms with van der Waals surface area (Å²) in [4.78, 5) is 14.1. The first kappa shape index (κ1) is 14.6. The number of nitrogens with zero attached hydrogens (tertiary/aromatic N) is 1. The highest BCUT2D eigenvalue weighted by Gasteiger charge is 2.25. The van der Waals surface area contributed by atoms with Gasteiger partial charge >= 0.3 is 0 Å². The van der Waals surface area contributed by atoms with Gasteiger partial charge in [0.05, 0.1) is 28.7 Å². The van der Waals surface area contributed by atoms with Crippen molar-refractivity contribution >= 4 is 29.1 Å². The minimum atomic E-state index is 0.0847. The van der Waals surface area contributed by atoms with Gasteiger partial charge in [-0.15, -0.1) is 0 Å². The van der Waals surface area contributed by atoms with E-state index in [-0.39, 0.29) is 18.1 Å². The van der Waals surface area contributed by atoms with E-state index in [0.29, 0.717) is 29.6 Å². The second-order valence-corrected chi connectivity index (χ2v) is 5.80. The fourth-order valence-corrected chi connectivity index (χ4v) is 2.64. The number of ether oxygens (including phenoxy) is 1. The lowest BCUT2D eigenvalue weighted by Crippen LogP contribution is -2.48. The number of carbonyl (C=O) groups excluding carboxylic acids is 1. The second kappa shape index (κ2) is 6.12. The molecular weight excluding hydrogens is 285 g/mol. The van der Waals surface area contributed by atoms with Crippen molar-refractivity contribution in [1.82, 2.24) is 4.90 Å². The number of hydrogen-bond donors (Lipinski definition) is 0. The molecule has 104 valence electrons. The summed E-state index contributed by atoms with van der Waals surface area (Å²) in [7, 11) is 0. The Bertz CT molecular complexity index is 469. The van der Waals surface area contributed by atoms with Gasteiger partial charge in [0.15, 0.2) is 0 Å². The number of halogens is 2. The molecule has 0 spiro atoms. The summed E-state index contributed by atoms with van der Waals surface area (Å²) in [5, 5.41) is 0.988. The molecule has 2 atom stereocenters. The van der Waals surface area contributed by atoms with Crippen LogP contribution in [0.2, 0.25) is 10.0 Å². The number of rotatable bonds is 2. The average molecular weight is 302 g/mol. The van der Waals surface area contributed by atoms with E-state index < -0.39 is 0 Å². The third-order valence-corrected chi connectivity index (χ3v) is 3.85. The van der Waals surface area contributed by atoms with Crippen LogP contribution < -0.4 is 0 Å². The predicted molar refractivity (Wildman–Crippen MR) is 76.8 cm³/mol. The van der Waals surface area contributed by atoms with Gasteiger partial charge in [-0.3, -0.25) is 4.79 Å². The fourth-order valence-electron chi connectivity index (χ4n) is 2.32. The van der Waals surface area contributed by atoms with Crippen LogP contribution in [0.25, 0.3) is 0 Å². The molecule has 5 heteroatoms. The van der Waals surface area contributed by atoms with Crippen molar-refractivity contribution in [3.63, 3.8) is 0 Å². The molecule has 0 bridgehead atoms. The molecular formula is C14H17Cl2NO2. The van der Waals surface area contributed by atoms with Gasteiger partial charge in [-0.05, 0) is 31.5 Å². The Morgan fingerprint density at radius 2 is 1.89 bits per heavy atom. The first-order chi connectivity index (χ1) is 8.95. The Balaban J connectivity index is 2.02. The van der Waals surface area contributed by atoms with E-state index in [1.165, 1.54) is 0 Å². The van der Waals surface area contributed by atoms with E-state index in [0.717, 1.165) is 5.56 Å². The van der Waals surface area contributed by atoms with Crippen LogP contribution in [-0.2, 0) is 16.0 Å². The molecule has 1 aromatic carbocycles. The second-order valence-electron chi connectivity index (χ2n) is 4.98. The molecule has 0 aromatic heterocycles. The molecule has 1 aliphatic heterocycles. The monoisotopic (exact) mass is 301 g/mol. The van der Waals surface area contributed by atoms with Crippen molar-refractivity contribution in [2.45, 2.75) is 32.5 Å². The summed E-state index contributed by atoms with van der Waals surface area (Å²) < 4.78 is 5.62. The number of benzene rings is 1. The van der Waals surface area contributed by atoms with Gasteiger partial charge < -0.3 is 9.64 Å². The molecule has 0 aliphatic carbocycles. The van der Waals surface area contributed by atoms with Gasteiger partial charge in [-0.25, -0.2) is 0 Å². The van der Waals surface area contributed by atoms with Crippen molar-refractivity contribution in [2.24, 2.45) is 0 Å². The largest absolute Gasteiger partial charge is 0.372 e. The maximum Gasteiger partial charge on any atom is 0.227 e. The van der Waals surface area contributed by atoms with Gasteiger partial charge in [0, 0.05) is 13.1 Å². The van der Waals surface area contributed by atoms with Gasteiger partial charge in [-0.2, -0.15) is 0 Å². The van der Waals surface area contributed by atoms with E-state index in [9.17, 15) is 4.79 Å². The Hall–Kier alpha value is -0.770. The first-order valence-corrected chi connectivity index (χ1v) is 7.08. The Labute approximate surface area is 123 Å². The lowest BCUT2D eigenvalue weighted by atomic mass is 10.1. The summed E-state index contributed by atoms with van der Waals surface area (Å²) in [5.41, 5.74) is 0.881. The topological polar surface area (TPSA) is 29.5 Å². The van der Waals surface area contributed by atoms with Gasteiger partial charge in [0.1, 0.15) is 0 Å². The van der Waals surface area contributed by atoms with Crippen molar-refractivity contribution in [2.75, 3.05) is 13.1 Å². The fraction of sp³-hybridized carbons (Fsp3) is 0.500. The van der Waals surface area contributed by atoms with Crippen LogP contribution in [0, 0.1) is 0 Å². The molecule has 2 unspecified atom stereocenters. The highest BCUT2D eigenvalue weighted by molar-refractivity contribution is 6.42. The SMILES string of the molecule is CC1CN(C(=O)Cc2ccc(Cl)c(Cl)c2)CC(C)O1. The van der Waals surface area contributed by atoms with Crippen molar-refractivity contribution in [1.29, 1.82) is 0 Å². The number of morpholine rings is 1. The summed E-state index contributed by atoms with van der Waals surface area (Å²) in [5.74, 6) is 0.0976. The van der Waals surface area contributed by atoms with Gasteiger partial charge in [0.25, 0.3) is 0 Å². The quantitative estimate of drug-likeness (QED) is 0.840. The zero-order valence-electron chi connectivity index (χ0n) is 11.0. The Kier molecular flexibility index (Phi) is 4.71. The van der Waals surface area contributed by atoms with Crippen molar-refractivity contribution < 1.29 is 9.53 Å². The minimum absolute atomic E-state index is 0.0847. The summed E-state index contributed by atoms with van der Waals surface area (Å²) in [6.07, 6.45) is 0.513. The normalized spacial score (nSPS) is 23.5. The molecule has 1 heterocycles. The van der Waals surface area contributed by atoms with E-state index >= 15 is 0 Å². The van der Waals surface area contributed by atoms with Crippen molar-refractivity contribution in [3.8, 4) is 0 Å². The molecule has 0 radical (unpaired) electrons. The zero-order valence-corrected chi connectivity index (χ0v) is 12.5. The minimum Gasteiger partial charge on any atom is -0.372 e. The first-order valence-electron chi connectivity index (χ1n) is 6.33. The van der Waals surface area contributed by atoms with Crippen LogP contribution in [0.15, 0.2) is 18.2 Å². The highest BCUT2D eigenvalue weighted by atomic mass is 35.5. The smallest absolute Gasteiger partial charge is 0.227 e. The van der Waals surface area contributed by atoms with Crippen LogP contribution in [0.3, 0.4) is 0 Å². The van der Waals surface area contributed by atoms with Crippen LogP contribution in [0.5, 0.6) is 0 Å². The van der Waals surface area contributed by atoms with Crippen molar-refractivity contribution in [3.05, 3.63) is 33.8 Å². The Morgan fingerprint density at radius 1 is 1.26 bits per heavy atom. The maximum atomic E-state index is 12.2. The number of carbonyl (C=O) groups is 1. The molecule has 1 saturated heterocycles. The van der Waals surface area contributed by atoms with Crippen LogP contribution in [0.1, 0.15) is 19.4 Å². The third-order valence-electron chi connectivity index (χ3n) is 3.11.